The molecule has 0 aromatic heterocycles. The topological polar surface area (TPSA) is 29.1 Å². The Morgan fingerprint density at radius 3 is 2.36 bits per heavy atom. The molecule has 0 spiro atoms. The first-order chi connectivity index (χ1) is 10.7. The van der Waals surface area contributed by atoms with Crippen molar-refractivity contribution in [2.45, 2.75) is 33.1 Å². The molecule has 0 fully saturated rings. The molecular weight excluding hydrogens is 270 g/mol. The van der Waals surface area contributed by atoms with E-state index in [0.29, 0.717) is 5.56 Å². The highest BCUT2D eigenvalue weighted by atomic mass is 16.1. The summed E-state index contributed by atoms with van der Waals surface area (Å²) in [5.74, 6) is 0.00654. The largest absolute Gasteiger partial charge is 0.362 e. The molecule has 0 aliphatic heterocycles. The molecule has 0 saturated carbocycles. The Morgan fingerprint density at radius 1 is 1.05 bits per heavy atom. The van der Waals surface area contributed by atoms with E-state index < -0.39 is 0 Å². The van der Waals surface area contributed by atoms with Crippen LogP contribution in [0.25, 0.3) is 0 Å². The molecule has 2 aromatic carbocycles. The van der Waals surface area contributed by atoms with Crippen LogP contribution in [0.15, 0.2) is 60.8 Å². The fourth-order valence-corrected chi connectivity index (χ4v) is 2.18. The van der Waals surface area contributed by atoms with Gasteiger partial charge >= 0.3 is 0 Å². The van der Waals surface area contributed by atoms with Gasteiger partial charge in [0.25, 0.3) is 0 Å². The van der Waals surface area contributed by atoms with Crippen LogP contribution in [-0.4, -0.2) is 5.78 Å². The molecule has 2 nitrogen and oxygen atoms in total. The smallest absolute Gasteiger partial charge is 0.187 e. The highest BCUT2D eigenvalue weighted by Crippen LogP contribution is 2.12. The summed E-state index contributed by atoms with van der Waals surface area (Å²) < 4.78 is 0. The van der Waals surface area contributed by atoms with Gasteiger partial charge in [0, 0.05) is 23.5 Å². The van der Waals surface area contributed by atoms with Crippen LogP contribution in [0.1, 0.15) is 41.3 Å². The molecule has 114 valence electrons. The lowest BCUT2D eigenvalue weighted by molar-refractivity contribution is 0.104. The van der Waals surface area contributed by atoms with Crippen LogP contribution in [0, 0.1) is 6.92 Å². The number of aryl methyl sites for hydroxylation is 2. The van der Waals surface area contributed by atoms with Crippen molar-refractivity contribution in [1.29, 1.82) is 0 Å². The standard InChI is InChI=1S/C20H23NO/c1-3-4-5-17-8-12-19(13-9-17)21-15-14-20(22)18-10-6-16(2)7-11-18/h6-15,21H,3-5H2,1-2H3/b15-14+. The molecule has 2 rings (SSSR count). The highest BCUT2D eigenvalue weighted by Gasteiger charge is 2.00. The van der Waals surface area contributed by atoms with E-state index in [9.17, 15) is 4.79 Å². The van der Waals surface area contributed by atoms with Gasteiger partial charge in [-0.05, 0) is 37.5 Å². The van der Waals surface area contributed by atoms with E-state index in [4.69, 9.17) is 0 Å². The van der Waals surface area contributed by atoms with E-state index in [2.05, 4.69) is 24.4 Å². The maximum Gasteiger partial charge on any atom is 0.187 e. The number of carbonyl (C=O) groups excluding carboxylic acids is 1. The fourth-order valence-electron chi connectivity index (χ4n) is 2.18. The summed E-state index contributed by atoms with van der Waals surface area (Å²) in [5.41, 5.74) is 4.21. The Kier molecular flexibility index (Phi) is 5.96. The third-order valence-corrected chi connectivity index (χ3v) is 3.59. The van der Waals surface area contributed by atoms with Crippen molar-refractivity contribution >= 4 is 11.5 Å². The maximum absolute atomic E-state index is 12.0. The number of nitrogens with one attached hydrogen (secondary N) is 1. The van der Waals surface area contributed by atoms with Gasteiger partial charge in [-0.2, -0.15) is 0 Å². The van der Waals surface area contributed by atoms with Crippen molar-refractivity contribution in [1.82, 2.24) is 0 Å². The molecule has 1 N–H and O–H groups in total. The highest BCUT2D eigenvalue weighted by molar-refractivity contribution is 6.04. The van der Waals surface area contributed by atoms with Crippen molar-refractivity contribution in [2.24, 2.45) is 0 Å². The lowest BCUT2D eigenvalue weighted by Gasteiger charge is -2.03. The second kappa shape index (κ2) is 8.18. The molecule has 22 heavy (non-hydrogen) atoms. The van der Waals surface area contributed by atoms with Crippen molar-refractivity contribution in [3.63, 3.8) is 0 Å². The molecule has 0 radical (unpaired) electrons. The summed E-state index contributed by atoms with van der Waals surface area (Å²) in [6.45, 7) is 4.21. The molecule has 2 aromatic rings. The van der Waals surface area contributed by atoms with Gasteiger partial charge in [0.1, 0.15) is 0 Å². The van der Waals surface area contributed by atoms with E-state index in [1.807, 2.05) is 43.3 Å². The van der Waals surface area contributed by atoms with E-state index in [1.165, 1.54) is 18.4 Å². The first-order valence-electron chi connectivity index (χ1n) is 7.82. The number of rotatable bonds is 7. The average Bonchev–Trinajstić information content (AvgIpc) is 2.54. The monoisotopic (exact) mass is 293 g/mol. The number of anilines is 1. The number of benzene rings is 2. The van der Waals surface area contributed by atoms with Gasteiger partial charge < -0.3 is 5.32 Å². The van der Waals surface area contributed by atoms with Crippen LogP contribution >= 0.6 is 0 Å². The second-order valence-corrected chi connectivity index (χ2v) is 5.51. The van der Waals surface area contributed by atoms with E-state index in [0.717, 1.165) is 17.7 Å². The Morgan fingerprint density at radius 2 is 1.73 bits per heavy atom. The third-order valence-electron chi connectivity index (χ3n) is 3.59. The number of unbranched alkanes of at least 4 members (excludes halogenated alkanes) is 1. The Labute approximate surface area is 132 Å². The minimum atomic E-state index is 0.00654. The van der Waals surface area contributed by atoms with Gasteiger partial charge in [-0.3, -0.25) is 4.79 Å². The molecule has 0 saturated heterocycles. The van der Waals surface area contributed by atoms with Gasteiger partial charge in [-0.15, -0.1) is 0 Å². The van der Waals surface area contributed by atoms with Crippen molar-refractivity contribution in [2.75, 3.05) is 5.32 Å². The van der Waals surface area contributed by atoms with Crippen LogP contribution in [0.2, 0.25) is 0 Å². The van der Waals surface area contributed by atoms with Crippen LogP contribution in [-0.2, 0) is 6.42 Å². The van der Waals surface area contributed by atoms with E-state index in [-0.39, 0.29) is 5.78 Å². The molecule has 0 aliphatic rings. The number of hydrogen-bond acceptors (Lipinski definition) is 2. The summed E-state index contributed by atoms with van der Waals surface area (Å²) in [6.07, 6.45) is 6.82. The van der Waals surface area contributed by atoms with Crippen LogP contribution in [0.3, 0.4) is 0 Å². The van der Waals surface area contributed by atoms with Crippen LogP contribution in [0.5, 0.6) is 0 Å². The number of allylic oxidation sites excluding steroid dienone is 1. The first-order valence-corrected chi connectivity index (χ1v) is 7.82. The zero-order valence-electron chi connectivity index (χ0n) is 13.3. The van der Waals surface area contributed by atoms with Gasteiger partial charge in [-0.1, -0.05) is 55.3 Å². The molecule has 0 atom stereocenters. The van der Waals surface area contributed by atoms with Crippen LogP contribution in [0.4, 0.5) is 5.69 Å². The number of carbonyl (C=O) groups is 1. The average molecular weight is 293 g/mol. The fraction of sp³-hybridized carbons (Fsp3) is 0.250. The quantitative estimate of drug-likeness (QED) is 0.565. The third kappa shape index (κ3) is 4.88. The zero-order valence-corrected chi connectivity index (χ0v) is 13.3. The van der Waals surface area contributed by atoms with Crippen molar-refractivity contribution < 1.29 is 4.79 Å². The summed E-state index contributed by atoms with van der Waals surface area (Å²) in [6, 6.07) is 16.0. The Hall–Kier alpha value is -2.35. The van der Waals surface area contributed by atoms with Gasteiger partial charge in [0.05, 0.1) is 0 Å². The van der Waals surface area contributed by atoms with Crippen molar-refractivity contribution in [3.8, 4) is 0 Å². The Bertz CT molecular complexity index is 624. The van der Waals surface area contributed by atoms with Crippen LogP contribution < -0.4 is 5.32 Å². The summed E-state index contributed by atoms with van der Waals surface area (Å²) in [4.78, 5) is 12.0. The normalized spacial score (nSPS) is 10.8. The second-order valence-electron chi connectivity index (χ2n) is 5.51. The molecule has 0 unspecified atom stereocenters. The Balaban J connectivity index is 1.88. The summed E-state index contributed by atoms with van der Waals surface area (Å²) >= 11 is 0. The molecule has 0 amide bonds. The van der Waals surface area contributed by atoms with E-state index >= 15 is 0 Å². The molecule has 0 heterocycles. The van der Waals surface area contributed by atoms with Gasteiger partial charge in [0.15, 0.2) is 5.78 Å². The predicted octanol–water partition coefficient (Wildman–Crippen LogP) is 5.15. The summed E-state index contributed by atoms with van der Waals surface area (Å²) in [5, 5.41) is 3.14. The van der Waals surface area contributed by atoms with E-state index in [1.54, 1.807) is 12.3 Å². The molecule has 0 aliphatic carbocycles. The summed E-state index contributed by atoms with van der Waals surface area (Å²) in [7, 11) is 0. The molecular formula is C20H23NO. The SMILES string of the molecule is CCCCc1ccc(N/C=C/C(=O)c2ccc(C)cc2)cc1. The van der Waals surface area contributed by atoms with Gasteiger partial charge in [0.2, 0.25) is 0 Å². The van der Waals surface area contributed by atoms with Crippen molar-refractivity contribution in [3.05, 3.63) is 77.5 Å². The lowest BCUT2D eigenvalue weighted by Crippen LogP contribution is -1.96. The predicted molar refractivity (Wildman–Crippen MR) is 93.3 cm³/mol. The molecule has 0 bridgehead atoms. The molecule has 2 heteroatoms. The number of ketones is 1. The number of hydrogen-bond donors (Lipinski definition) is 1. The minimum Gasteiger partial charge on any atom is -0.362 e. The van der Waals surface area contributed by atoms with Gasteiger partial charge in [-0.25, -0.2) is 0 Å². The maximum atomic E-state index is 12.0. The lowest BCUT2D eigenvalue weighted by atomic mass is 10.1. The zero-order chi connectivity index (χ0) is 15.8. The minimum absolute atomic E-state index is 0.00654. The first kappa shape index (κ1) is 16.0.